The molecule has 1 heterocycles. The van der Waals surface area contributed by atoms with Crippen LogP contribution in [0.25, 0.3) is 0 Å². The number of piperidine rings is 1. The summed E-state index contributed by atoms with van der Waals surface area (Å²) in [6, 6.07) is 5.03. The second-order valence-corrected chi connectivity index (χ2v) is 13.4. The van der Waals surface area contributed by atoms with E-state index in [2.05, 4.69) is 43.0 Å². The Morgan fingerprint density at radius 3 is 2.23 bits per heavy atom. The first-order valence-corrected chi connectivity index (χ1v) is 14.9. The van der Waals surface area contributed by atoms with Crippen molar-refractivity contribution in [3.05, 3.63) is 60.7 Å². The number of likely N-dealkylation sites (tertiary alicyclic amines) is 1. The van der Waals surface area contributed by atoms with Crippen LogP contribution in [0.4, 0.5) is 4.79 Å². The van der Waals surface area contributed by atoms with Gasteiger partial charge in [0, 0.05) is 13.1 Å². The first-order valence-electron chi connectivity index (χ1n) is 14.9. The number of ether oxygens (including phenoxy) is 1. The third-order valence-corrected chi connectivity index (χ3v) is 8.92. The summed E-state index contributed by atoms with van der Waals surface area (Å²) in [5.74, 6) is -2.77. The number of alkyl carbamates (subject to hydrolysis) is 1. The fraction of sp³-hybridized carbons (Fsp3) is 0.545. The van der Waals surface area contributed by atoms with Crippen LogP contribution in [0, 0.1) is 23.2 Å². The first kappa shape index (κ1) is 32.0. The zero-order valence-corrected chi connectivity index (χ0v) is 25.8. The summed E-state index contributed by atoms with van der Waals surface area (Å²) in [6.07, 6.45) is 3.46. The molecule has 4 rings (SSSR count). The summed E-state index contributed by atoms with van der Waals surface area (Å²) in [7, 11) is 0. The van der Waals surface area contributed by atoms with E-state index in [1.165, 1.54) is 12.2 Å². The normalized spacial score (nSPS) is 23.2. The largest absolute Gasteiger partial charge is 0.444 e. The number of carbonyl (C=O) groups excluding carboxylic acids is 5. The Hall–Kier alpha value is -3.95. The van der Waals surface area contributed by atoms with E-state index in [1.807, 2.05) is 24.3 Å². The minimum atomic E-state index is -1.13. The highest BCUT2D eigenvalue weighted by Gasteiger charge is 2.69. The second-order valence-electron chi connectivity index (χ2n) is 13.4. The van der Waals surface area contributed by atoms with E-state index in [-0.39, 0.29) is 42.0 Å². The molecule has 2 aliphatic carbocycles. The molecule has 1 aromatic rings. The highest BCUT2D eigenvalue weighted by atomic mass is 16.6. The van der Waals surface area contributed by atoms with Crippen molar-refractivity contribution in [1.82, 2.24) is 20.9 Å². The number of Topliss-reactive ketones (excluding diaryl/α,β-unsaturated/α-hetero) is 1. The van der Waals surface area contributed by atoms with E-state index in [9.17, 15) is 24.0 Å². The Morgan fingerprint density at radius 2 is 1.67 bits per heavy atom. The van der Waals surface area contributed by atoms with Crippen molar-refractivity contribution in [2.75, 3.05) is 13.1 Å². The lowest BCUT2D eigenvalue weighted by molar-refractivity contribution is -0.144. The lowest BCUT2D eigenvalue weighted by Gasteiger charge is -2.35. The van der Waals surface area contributed by atoms with Crippen molar-refractivity contribution in [3.8, 4) is 0 Å². The zero-order chi connectivity index (χ0) is 31.7. The van der Waals surface area contributed by atoms with E-state index >= 15 is 0 Å². The number of hydrogen-bond donors (Lipinski definition) is 3. The second kappa shape index (κ2) is 12.3. The van der Waals surface area contributed by atoms with Crippen LogP contribution in [0.1, 0.15) is 52.2 Å². The highest BCUT2D eigenvalue weighted by molar-refractivity contribution is 6.38. The molecule has 4 amide bonds. The molecule has 3 N–H and O–H groups in total. The van der Waals surface area contributed by atoms with Gasteiger partial charge in [-0.15, -0.1) is 13.2 Å². The summed E-state index contributed by atoms with van der Waals surface area (Å²) >= 11 is 0. The average Bonchev–Trinajstić information content (AvgIpc) is 3.30. The molecular weight excluding hydrogens is 548 g/mol. The topological polar surface area (TPSA) is 134 Å². The van der Waals surface area contributed by atoms with Gasteiger partial charge in [-0.2, -0.15) is 0 Å². The summed E-state index contributed by atoms with van der Waals surface area (Å²) in [5, 5.41) is 8.03. The summed E-state index contributed by atoms with van der Waals surface area (Å²) < 4.78 is 5.52. The number of carbonyl (C=O) groups is 5. The third kappa shape index (κ3) is 6.84. The van der Waals surface area contributed by atoms with E-state index in [0.29, 0.717) is 19.4 Å². The van der Waals surface area contributed by atoms with Crippen molar-refractivity contribution >= 4 is 29.6 Å². The molecule has 1 aromatic carbocycles. The molecule has 10 heteroatoms. The molecule has 0 spiro atoms. The lowest BCUT2D eigenvalue weighted by atomic mass is 9.93. The fourth-order valence-corrected chi connectivity index (χ4v) is 6.70. The molecule has 0 bridgehead atoms. The molecule has 1 saturated carbocycles. The van der Waals surface area contributed by atoms with Gasteiger partial charge in [-0.05, 0) is 74.3 Å². The van der Waals surface area contributed by atoms with Gasteiger partial charge >= 0.3 is 6.09 Å². The molecule has 1 unspecified atom stereocenters. The Labute approximate surface area is 253 Å². The molecule has 10 nitrogen and oxygen atoms in total. The number of benzene rings is 1. The van der Waals surface area contributed by atoms with Crippen LogP contribution in [0.15, 0.2) is 49.6 Å². The molecule has 5 atom stereocenters. The smallest absolute Gasteiger partial charge is 0.408 e. The lowest BCUT2D eigenvalue weighted by Crippen LogP contribution is -2.59. The molecule has 232 valence electrons. The van der Waals surface area contributed by atoms with Crippen LogP contribution in [-0.4, -0.2) is 71.3 Å². The Bertz CT molecular complexity index is 1290. The van der Waals surface area contributed by atoms with Crippen LogP contribution >= 0.6 is 0 Å². The van der Waals surface area contributed by atoms with Crippen LogP contribution in [-0.2, 0) is 36.8 Å². The zero-order valence-electron chi connectivity index (χ0n) is 25.8. The number of nitrogens with one attached hydrogen (secondary N) is 3. The van der Waals surface area contributed by atoms with Gasteiger partial charge in [0.25, 0.3) is 5.91 Å². The van der Waals surface area contributed by atoms with E-state index in [1.54, 1.807) is 25.7 Å². The Morgan fingerprint density at radius 1 is 1.05 bits per heavy atom. The number of hydrogen-bond acceptors (Lipinski definition) is 6. The monoisotopic (exact) mass is 592 g/mol. The quantitative estimate of drug-likeness (QED) is 0.267. The minimum absolute atomic E-state index is 0.0490. The first-order chi connectivity index (χ1) is 20.2. The summed E-state index contributed by atoms with van der Waals surface area (Å²) in [4.78, 5) is 68.1. The van der Waals surface area contributed by atoms with Crippen molar-refractivity contribution in [2.24, 2.45) is 23.2 Å². The van der Waals surface area contributed by atoms with Crippen molar-refractivity contribution in [3.63, 3.8) is 0 Å². The Balaban J connectivity index is 1.59. The number of ketones is 1. The predicted molar refractivity (Wildman–Crippen MR) is 162 cm³/mol. The average molecular weight is 593 g/mol. The molecule has 2 fully saturated rings. The van der Waals surface area contributed by atoms with Crippen LogP contribution < -0.4 is 16.0 Å². The molecule has 0 aromatic heterocycles. The maximum Gasteiger partial charge on any atom is 0.408 e. The highest BCUT2D eigenvalue weighted by Crippen LogP contribution is 2.65. The number of fused-ring (bicyclic) bond motifs is 2. The van der Waals surface area contributed by atoms with Gasteiger partial charge in [0.1, 0.15) is 23.7 Å². The van der Waals surface area contributed by atoms with Gasteiger partial charge in [0.15, 0.2) is 0 Å². The van der Waals surface area contributed by atoms with E-state index in [0.717, 1.165) is 11.1 Å². The van der Waals surface area contributed by atoms with Crippen molar-refractivity contribution in [2.45, 2.75) is 77.6 Å². The summed E-state index contributed by atoms with van der Waals surface area (Å²) in [6.45, 7) is 17.0. The number of nitrogens with zero attached hydrogens (tertiary/aromatic N) is 1. The predicted octanol–water partition coefficient (Wildman–Crippen LogP) is 2.71. The molecule has 1 saturated heterocycles. The van der Waals surface area contributed by atoms with Gasteiger partial charge in [0.05, 0.1) is 0 Å². The van der Waals surface area contributed by atoms with Gasteiger partial charge < -0.3 is 25.6 Å². The van der Waals surface area contributed by atoms with Gasteiger partial charge in [-0.25, -0.2) is 4.79 Å². The van der Waals surface area contributed by atoms with Gasteiger partial charge in [0.2, 0.25) is 17.6 Å². The van der Waals surface area contributed by atoms with E-state index in [4.69, 9.17) is 4.74 Å². The molecule has 0 radical (unpaired) electrons. The summed E-state index contributed by atoms with van der Waals surface area (Å²) in [5.41, 5.74) is 1.30. The van der Waals surface area contributed by atoms with Gasteiger partial charge in [-0.3, -0.25) is 19.2 Å². The van der Waals surface area contributed by atoms with Crippen LogP contribution in [0.2, 0.25) is 0 Å². The maximum atomic E-state index is 14.4. The SMILES string of the molecule is C=CCNC(=O)C(=O)C(CC=C)NC(=O)[C@@H]1[C@@H]2[C@H](CN1C(=O)[C@@H](NC(=O)OC(C)(C)C)C1Cc3ccccc3C1)C2(C)C. The van der Waals surface area contributed by atoms with Crippen molar-refractivity contribution in [1.29, 1.82) is 0 Å². The number of amides is 4. The van der Waals surface area contributed by atoms with Crippen LogP contribution in [0.5, 0.6) is 0 Å². The number of rotatable bonds is 11. The molecule has 3 aliphatic rings. The van der Waals surface area contributed by atoms with E-state index < -0.39 is 47.4 Å². The minimum Gasteiger partial charge on any atom is -0.444 e. The third-order valence-electron chi connectivity index (χ3n) is 8.92. The van der Waals surface area contributed by atoms with Gasteiger partial charge in [-0.1, -0.05) is 50.3 Å². The standard InChI is InChI=1S/C33H44N4O6/c1-8-12-23(27(38)29(40)34-15-9-2)35-28(39)26-24-22(33(24,6)7)18-37(26)30(41)25(36-31(42)43-32(3,4)5)21-16-19-13-10-11-14-20(19)17-21/h8-11,13-14,21-26H,1-2,12,15-18H2,3-7H3,(H,34,40)(H,35,39)(H,36,42)/t22-,23?,24-,25-,26-/m0/s1. The Kier molecular flexibility index (Phi) is 9.18. The fourth-order valence-electron chi connectivity index (χ4n) is 6.70. The molecular formula is C33H44N4O6. The molecule has 1 aliphatic heterocycles. The van der Waals surface area contributed by atoms with Crippen molar-refractivity contribution < 1.29 is 28.7 Å². The maximum absolute atomic E-state index is 14.4. The molecule has 43 heavy (non-hydrogen) atoms. The van der Waals surface area contributed by atoms with Crippen LogP contribution in [0.3, 0.4) is 0 Å².